The standard InChI is InChI=1S/C15H28N2O3/c1-2-3-4-5-6-7-8-11-14(18)16-17-15(19)13-10-9-12-20-13/h13H,2-12H2,1H3,(H,16,18)(H,17,19). The molecule has 1 atom stereocenters. The summed E-state index contributed by atoms with van der Waals surface area (Å²) in [5, 5.41) is 0. The van der Waals surface area contributed by atoms with Crippen molar-refractivity contribution in [2.24, 2.45) is 0 Å². The molecule has 0 aromatic carbocycles. The second-order valence-corrected chi connectivity index (χ2v) is 5.41. The number of carbonyl (C=O) groups is 2. The Morgan fingerprint density at radius 1 is 1.05 bits per heavy atom. The van der Waals surface area contributed by atoms with Crippen LogP contribution in [-0.2, 0) is 14.3 Å². The Kier molecular flexibility index (Phi) is 9.04. The van der Waals surface area contributed by atoms with Crippen LogP contribution in [0.5, 0.6) is 0 Å². The zero-order chi connectivity index (χ0) is 14.6. The van der Waals surface area contributed by atoms with Crippen LogP contribution in [0.4, 0.5) is 0 Å². The second-order valence-electron chi connectivity index (χ2n) is 5.41. The number of nitrogens with one attached hydrogen (secondary N) is 2. The molecule has 116 valence electrons. The molecule has 0 bridgehead atoms. The summed E-state index contributed by atoms with van der Waals surface area (Å²) < 4.78 is 5.23. The minimum absolute atomic E-state index is 0.120. The molecule has 0 aliphatic carbocycles. The highest BCUT2D eigenvalue weighted by atomic mass is 16.5. The number of carbonyl (C=O) groups excluding carboxylic acids is 2. The van der Waals surface area contributed by atoms with Crippen LogP contribution in [-0.4, -0.2) is 24.5 Å². The van der Waals surface area contributed by atoms with E-state index in [9.17, 15) is 9.59 Å². The van der Waals surface area contributed by atoms with E-state index < -0.39 is 6.10 Å². The first kappa shape index (κ1) is 17.0. The molecule has 1 aliphatic heterocycles. The topological polar surface area (TPSA) is 67.4 Å². The fourth-order valence-corrected chi connectivity index (χ4v) is 2.30. The highest BCUT2D eigenvalue weighted by molar-refractivity contribution is 5.84. The SMILES string of the molecule is CCCCCCCCCC(=O)NNC(=O)C1CCCO1. The number of hydrazine groups is 1. The number of ether oxygens (including phenoxy) is 1. The van der Waals surface area contributed by atoms with E-state index in [0.29, 0.717) is 13.0 Å². The molecule has 1 saturated heterocycles. The Morgan fingerprint density at radius 2 is 1.75 bits per heavy atom. The first-order valence-corrected chi connectivity index (χ1v) is 7.94. The molecule has 1 unspecified atom stereocenters. The van der Waals surface area contributed by atoms with Gasteiger partial charge in [-0.3, -0.25) is 20.4 Å². The van der Waals surface area contributed by atoms with Crippen molar-refractivity contribution in [3.8, 4) is 0 Å². The summed E-state index contributed by atoms with van der Waals surface area (Å²) in [6.07, 6.45) is 9.98. The van der Waals surface area contributed by atoms with Crippen molar-refractivity contribution in [1.82, 2.24) is 10.9 Å². The van der Waals surface area contributed by atoms with Crippen LogP contribution in [0.15, 0.2) is 0 Å². The van der Waals surface area contributed by atoms with Crippen molar-refractivity contribution in [1.29, 1.82) is 0 Å². The minimum atomic E-state index is -0.395. The third-order valence-electron chi connectivity index (χ3n) is 3.55. The number of rotatable bonds is 9. The van der Waals surface area contributed by atoms with E-state index in [1.807, 2.05) is 0 Å². The van der Waals surface area contributed by atoms with Crippen molar-refractivity contribution in [3.63, 3.8) is 0 Å². The van der Waals surface area contributed by atoms with Gasteiger partial charge in [0.15, 0.2) is 0 Å². The summed E-state index contributed by atoms with van der Waals surface area (Å²) in [5.74, 6) is -0.361. The van der Waals surface area contributed by atoms with Gasteiger partial charge in [-0.1, -0.05) is 45.4 Å². The maximum Gasteiger partial charge on any atom is 0.267 e. The molecule has 5 nitrogen and oxygen atoms in total. The summed E-state index contributed by atoms with van der Waals surface area (Å²) in [5.41, 5.74) is 4.88. The van der Waals surface area contributed by atoms with E-state index in [-0.39, 0.29) is 11.8 Å². The van der Waals surface area contributed by atoms with Gasteiger partial charge >= 0.3 is 0 Å². The third kappa shape index (κ3) is 7.48. The molecule has 2 N–H and O–H groups in total. The van der Waals surface area contributed by atoms with Crippen LogP contribution in [0.2, 0.25) is 0 Å². The van der Waals surface area contributed by atoms with Gasteiger partial charge in [0.2, 0.25) is 5.91 Å². The molecule has 0 saturated carbocycles. The predicted octanol–water partition coefficient (Wildman–Crippen LogP) is 2.45. The van der Waals surface area contributed by atoms with Gasteiger partial charge in [-0.2, -0.15) is 0 Å². The average molecular weight is 284 g/mol. The Bertz CT molecular complexity index is 289. The van der Waals surface area contributed by atoms with Gasteiger partial charge in [0.05, 0.1) is 0 Å². The number of unbranched alkanes of at least 4 members (excludes halogenated alkanes) is 6. The Labute approximate surface area is 121 Å². The largest absolute Gasteiger partial charge is 0.368 e. The molecule has 20 heavy (non-hydrogen) atoms. The van der Waals surface area contributed by atoms with Crippen molar-refractivity contribution in [3.05, 3.63) is 0 Å². The first-order valence-electron chi connectivity index (χ1n) is 7.94. The molecule has 1 fully saturated rings. The molecular formula is C15H28N2O3. The molecule has 1 rings (SSSR count). The monoisotopic (exact) mass is 284 g/mol. The van der Waals surface area contributed by atoms with Crippen LogP contribution in [0.3, 0.4) is 0 Å². The molecule has 2 amide bonds. The van der Waals surface area contributed by atoms with E-state index in [0.717, 1.165) is 25.7 Å². The van der Waals surface area contributed by atoms with Gasteiger partial charge in [-0.05, 0) is 19.3 Å². The highest BCUT2D eigenvalue weighted by Crippen LogP contribution is 2.11. The zero-order valence-electron chi connectivity index (χ0n) is 12.6. The van der Waals surface area contributed by atoms with Crippen molar-refractivity contribution >= 4 is 11.8 Å². The van der Waals surface area contributed by atoms with Crippen LogP contribution >= 0.6 is 0 Å². The lowest BCUT2D eigenvalue weighted by Gasteiger charge is -2.11. The van der Waals surface area contributed by atoms with Gasteiger partial charge in [-0.25, -0.2) is 0 Å². The summed E-state index contributed by atoms with van der Waals surface area (Å²) >= 11 is 0. The quantitative estimate of drug-likeness (QED) is 0.505. The smallest absolute Gasteiger partial charge is 0.267 e. The van der Waals surface area contributed by atoms with E-state index in [1.165, 1.54) is 32.1 Å². The van der Waals surface area contributed by atoms with E-state index in [1.54, 1.807) is 0 Å². The Balaban J connectivity index is 1.93. The maximum atomic E-state index is 11.6. The molecule has 5 heteroatoms. The summed E-state index contributed by atoms with van der Waals surface area (Å²) in [7, 11) is 0. The van der Waals surface area contributed by atoms with Crippen LogP contribution in [0, 0.1) is 0 Å². The molecule has 0 aromatic heterocycles. The van der Waals surface area contributed by atoms with Crippen LogP contribution in [0.1, 0.15) is 71.1 Å². The van der Waals surface area contributed by atoms with Gasteiger partial charge in [0.1, 0.15) is 6.10 Å². The van der Waals surface area contributed by atoms with Gasteiger partial charge in [0, 0.05) is 13.0 Å². The lowest BCUT2D eigenvalue weighted by atomic mass is 10.1. The molecule has 0 radical (unpaired) electrons. The number of hydrogen-bond donors (Lipinski definition) is 2. The Morgan fingerprint density at radius 3 is 2.40 bits per heavy atom. The lowest BCUT2D eigenvalue weighted by Crippen LogP contribution is -2.46. The normalized spacial score (nSPS) is 17.9. The fraction of sp³-hybridized carbons (Fsp3) is 0.867. The first-order chi connectivity index (χ1) is 9.74. The van der Waals surface area contributed by atoms with Gasteiger partial charge in [0.25, 0.3) is 5.91 Å². The molecule has 0 spiro atoms. The zero-order valence-corrected chi connectivity index (χ0v) is 12.6. The van der Waals surface area contributed by atoms with Crippen molar-refractivity contribution in [2.45, 2.75) is 77.2 Å². The lowest BCUT2D eigenvalue weighted by molar-refractivity contribution is -0.134. The molecule has 1 aliphatic rings. The fourth-order valence-electron chi connectivity index (χ4n) is 2.30. The van der Waals surface area contributed by atoms with Crippen LogP contribution in [0.25, 0.3) is 0 Å². The molecule has 1 heterocycles. The summed E-state index contributed by atoms with van der Waals surface area (Å²) in [4.78, 5) is 23.1. The Hall–Kier alpha value is -1.10. The third-order valence-corrected chi connectivity index (χ3v) is 3.55. The van der Waals surface area contributed by atoms with E-state index in [2.05, 4.69) is 17.8 Å². The average Bonchev–Trinajstić information content (AvgIpc) is 2.98. The number of amides is 2. The minimum Gasteiger partial charge on any atom is -0.368 e. The summed E-state index contributed by atoms with van der Waals surface area (Å²) in [6.45, 7) is 2.83. The van der Waals surface area contributed by atoms with Crippen molar-refractivity contribution in [2.75, 3.05) is 6.61 Å². The molecule has 0 aromatic rings. The second kappa shape index (κ2) is 10.7. The highest BCUT2D eigenvalue weighted by Gasteiger charge is 2.23. The predicted molar refractivity (Wildman–Crippen MR) is 77.9 cm³/mol. The van der Waals surface area contributed by atoms with Gasteiger partial charge in [-0.15, -0.1) is 0 Å². The summed E-state index contributed by atoms with van der Waals surface area (Å²) in [6, 6.07) is 0. The van der Waals surface area contributed by atoms with Crippen LogP contribution < -0.4 is 10.9 Å². The van der Waals surface area contributed by atoms with Crippen molar-refractivity contribution < 1.29 is 14.3 Å². The van der Waals surface area contributed by atoms with E-state index in [4.69, 9.17) is 4.74 Å². The van der Waals surface area contributed by atoms with Gasteiger partial charge < -0.3 is 4.74 Å². The van der Waals surface area contributed by atoms with E-state index >= 15 is 0 Å². The number of hydrogen-bond acceptors (Lipinski definition) is 3. The molecular weight excluding hydrogens is 256 g/mol. The maximum absolute atomic E-state index is 11.6.